The Balaban J connectivity index is 1.76. The summed E-state index contributed by atoms with van der Waals surface area (Å²) >= 11 is 1.34. The van der Waals surface area contributed by atoms with Crippen molar-refractivity contribution < 1.29 is 18.7 Å². The normalized spacial score (nSPS) is 12.0. The van der Waals surface area contributed by atoms with E-state index < -0.39 is 23.7 Å². The molecule has 0 saturated heterocycles. The van der Waals surface area contributed by atoms with Crippen LogP contribution in [0, 0.1) is 12.7 Å². The molecule has 1 unspecified atom stereocenters. The Labute approximate surface area is 199 Å². The number of benzene rings is 2. The fourth-order valence-electron chi connectivity index (χ4n) is 3.60. The SMILES string of the molecule is COCCNC(=O)C(c1cccs1)N(C(=O)Cn1nnc2ccccc21)c1ccc(C)c(F)c1. The van der Waals surface area contributed by atoms with Gasteiger partial charge < -0.3 is 10.1 Å². The number of nitrogens with one attached hydrogen (secondary N) is 1. The molecule has 0 bridgehead atoms. The lowest BCUT2D eigenvalue weighted by molar-refractivity contribution is -0.127. The number of fused-ring (bicyclic) bond motifs is 1. The molecule has 10 heteroatoms. The average molecular weight is 482 g/mol. The Bertz CT molecular complexity index is 1290. The van der Waals surface area contributed by atoms with E-state index in [1.807, 2.05) is 23.6 Å². The molecule has 0 radical (unpaired) electrons. The van der Waals surface area contributed by atoms with Crippen molar-refractivity contribution in [1.82, 2.24) is 20.3 Å². The molecule has 0 fully saturated rings. The van der Waals surface area contributed by atoms with Gasteiger partial charge in [-0.1, -0.05) is 29.5 Å². The molecule has 0 saturated carbocycles. The highest BCUT2D eigenvalue weighted by Gasteiger charge is 2.34. The van der Waals surface area contributed by atoms with Crippen molar-refractivity contribution in [3.8, 4) is 0 Å². The molecule has 2 aromatic heterocycles. The smallest absolute Gasteiger partial charge is 0.249 e. The van der Waals surface area contributed by atoms with Crippen LogP contribution in [0.25, 0.3) is 11.0 Å². The number of hydrogen-bond donors (Lipinski definition) is 1. The summed E-state index contributed by atoms with van der Waals surface area (Å²) in [7, 11) is 1.54. The lowest BCUT2D eigenvalue weighted by atomic mass is 10.1. The van der Waals surface area contributed by atoms with Crippen LogP contribution in [0.15, 0.2) is 60.0 Å². The number of amides is 2. The average Bonchev–Trinajstić information content (AvgIpc) is 3.50. The minimum Gasteiger partial charge on any atom is -0.383 e. The predicted octanol–water partition coefficient (Wildman–Crippen LogP) is 3.48. The largest absolute Gasteiger partial charge is 0.383 e. The molecule has 1 atom stereocenters. The van der Waals surface area contributed by atoms with Gasteiger partial charge in [0.15, 0.2) is 0 Å². The minimum atomic E-state index is -0.999. The van der Waals surface area contributed by atoms with Crippen LogP contribution in [0.2, 0.25) is 0 Å². The van der Waals surface area contributed by atoms with E-state index >= 15 is 0 Å². The van der Waals surface area contributed by atoms with Crippen molar-refractivity contribution in [2.75, 3.05) is 25.2 Å². The highest BCUT2D eigenvalue weighted by atomic mass is 32.1. The second-order valence-electron chi connectivity index (χ2n) is 7.63. The van der Waals surface area contributed by atoms with Crippen LogP contribution in [0.1, 0.15) is 16.5 Å². The third-order valence-electron chi connectivity index (χ3n) is 5.33. The zero-order valence-electron chi connectivity index (χ0n) is 18.8. The van der Waals surface area contributed by atoms with Gasteiger partial charge in [-0.05, 0) is 48.2 Å². The first-order chi connectivity index (χ1) is 16.5. The summed E-state index contributed by atoms with van der Waals surface area (Å²) in [5, 5.41) is 12.8. The van der Waals surface area contributed by atoms with Crippen molar-refractivity contribution in [1.29, 1.82) is 0 Å². The number of thiophene rings is 1. The molecule has 0 aliphatic carbocycles. The van der Waals surface area contributed by atoms with Gasteiger partial charge in [0.05, 0.1) is 12.1 Å². The molecular formula is C24H24FN5O3S. The van der Waals surface area contributed by atoms with Crippen LogP contribution in [0.3, 0.4) is 0 Å². The number of anilines is 1. The zero-order valence-corrected chi connectivity index (χ0v) is 19.6. The van der Waals surface area contributed by atoms with E-state index in [9.17, 15) is 14.0 Å². The highest BCUT2D eigenvalue weighted by molar-refractivity contribution is 7.10. The minimum absolute atomic E-state index is 0.177. The molecule has 176 valence electrons. The number of para-hydroxylation sites is 1. The van der Waals surface area contributed by atoms with Gasteiger partial charge in [-0.2, -0.15) is 0 Å². The number of methoxy groups -OCH3 is 1. The fourth-order valence-corrected chi connectivity index (χ4v) is 4.41. The van der Waals surface area contributed by atoms with Gasteiger partial charge in [0, 0.05) is 24.2 Å². The monoisotopic (exact) mass is 481 g/mol. The number of nitrogens with zero attached hydrogens (tertiary/aromatic N) is 4. The van der Waals surface area contributed by atoms with Crippen LogP contribution < -0.4 is 10.2 Å². The molecule has 0 aliphatic heterocycles. The molecule has 2 heterocycles. The summed E-state index contributed by atoms with van der Waals surface area (Å²) in [5.74, 6) is -1.29. The van der Waals surface area contributed by atoms with Gasteiger partial charge in [0.1, 0.15) is 23.9 Å². The van der Waals surface area contributed by atoms with E-state index in [-0.39, 0.29) is 18.8 Å². The van der Waals surface area contributed by atoms with Gasteiger partial charge in [-0.3, -0.25) is 14.5 Å². The molecule has 4 rings (SSSR count). The lowest BCUT2D eigenvalue weighted by Crippen LogP contribution is -2.45. The molecule has 8 nitrogen and oxygen atoms in total. The highest BCUT2D eigenvalue weighted by Crippen LogP contribution is 2.32. The van der Waals surface area contributed by atoms with E-state index in [1.165, 1.54) is 34.1 Å². The first kappa shape index (κ1) is 23.5. The van der Waals surface area contributed by atoms with Gasteiger partial charge in [0.2, 0.25) is 11.8 Å². The Morgan fingerprint density at radius 2 is 2.03 bits per heavy atom. The van der Waals surface area contributed by atoms with Crippen LogP contribution >= 0.6 is 11.3 Å². The Morgan fingerprint density at radius 3 is 2.76 bits per heavy atom. The lowest BCUT2D eigenvalue weighted by Gasteiger charge is -2.31. The zero-order chi connectivity index (χ0) is 24.1. The first-order valence-corrected chi connectivity index (χ1v) is 11.5. The number of carbonyl (C=O) groups is 2. The number of halogens is 1. The second kappa shape index (κ2) is 10.5. The maximum absolute atomic E-state index is 14.6. The van der Waals surface area contributed by atoms with Crippen LogP contribution in [0.5, 0.6) is 0 Å². The van der Waals surface area contributed by atoms with Gasteiger partial charge in [-0.25, -0.2) is 9.07 Å². The van der Waals surface area contributed by atoms with E-state index in [4.69, 9.17) is 4.74 Å². The molecule has 1 N–H and O–H groups in total. The van der Waals surface area contributed by atoms with Gasteiger partial charge in [0.25, 0.3) is 0 Å². The third-order valence-corrected chi connectivity index (χ3v) is 6.26. The summed E-state index contributed by atoms with van der Waals surface area (Å²) in [6, 6.07) is 14.4. The van der Waals surface area contributed by atoms with Gasteiger partial charge >= 0.3 is 0 Å². The number of hydrogen-bond acceptors (Lipinski definition) is 6. The fraction of sp³-hybridized carbons (Fsp3) is 0.250. The number of rotatable bonds is 9. The topological polar surface area (TPSA) is 89.4 Å². The van der Waals surface area contributed by atoms with Gasteiger partial charge in [-0.15, -0.1) is 16.4 Å². The van der Waals surface area contributed by atoms with E-state index in [1.54, 1.807) is 37.3 Å². The molecule has 0 spiro atoms. The van der Waals surface area contributed by atoms with Crippen LogP contribution in [-0.2, 0) is 20.9 Å². The number of aryl methyl sites for hydroxylation is 1. The first-order valence-electron chi connectivity index (χ1n) is 10.7. The summed E-state index contributed by atoms with van der Waals surface area (Å²) < 4.78 is 21.1. The summed E-state index contributed by atoms with van der Waals surface area (Å²) in [6.45, 7) is 2.06. The maximum Gasteiger partial charge on any atom is 0.249 e. The number of ether oxygens (including phenoxy) is 1. The quantitative estimate of drug-likeness (QED) is 0.370. The number of carbonyl (C=O) groups excluding carboxylic acids is 2. The second-order valence-corrected chi connectivity index (χ2v) is 8.61. The third kappa shape index (κ3) is 4.97. The Morgan fingerprint density at radius 1 is 1.21 bits per heavy atom. The summed E-state index contributed by atoms with van der Waals surface area (Å²) in [4.78, 5) is 29.0. The van der Waals surface area contributed by atoms with Crippen molar-refractivity contribution in [3.63, 3.8) is 0 Å². The summed E-state index contributed by atoms with van der Waals surface area (Å²) in [5.41, 5.74) is 2.05. The van der Waals surface area contributed by atoms with Crippen molar-refractivity contribution in [2.24, 2.45) is 0 Å². The summed E-state index contributed by atoms with van der Waals surface area (Å²) in [6.07, 6.45) is 0. The molecule has 2 amide bonds. The Kier molecular flexibility index (Phi) is 7.29. The molecule has 4 aromatic rings. The molecule has 34 heavy (non-hydrogen) atoms. The Hall–Kier alpha value is -3.63. The predicted molar refractivity (Wildman–Crippen MR) is 128 cm³/mol. The number of aromatic nitrogens is 3. The van der Waals surface area contributed by atoms with Crippen molar-refractivity contribution >= 4 is 39.9 Å². The van der Waals surface area contributed by atoms with Crippen molar-refractivity contribution in [3.05, 3.63) is 76.2 Å². The van der Waals surface area contributed by atoms with E-state index in [0.717, 1.165) is 0 Å². The molecule has 0 aliphatic rings. The molecule has 2 aromatic carbocycles. The molecular weight excluding hydrogens is 457 g/mol. The maximum atomic E-state index is 14.6. The van der Waals surface area contributed by atoms with E-state index in [2.05, 4.69) is 15.6 Å². The standard InChI is InChI=1S/C24H24FN5O3S/c1-16-9-10-17(14-18(16)25)30(22(31)15-29-20-7-4-3-6-19(20)27-28-29)23(21-8-5-13-34-21)24(32)26-11-12-33-2/h3-10,13-14,23H,11-12,15H2,1-2H3,(H,26,32). The van der Waals surface area contributed by atoms with Crippen LogP contribution in [0.4, 0.5) is 10.1 Å². The van der Waals surface area contributed by atoms with Crippen LogP contribution in [-0.4, -0.2) is 47.1 Å². The van der Waals surface area contributed by atoms with E-state index in [0.29, 0.717) is 28.1 Å². The van der Waals surface area contributed by atoms with Crippen molar-refractivity contribution in [2.45, 2.75) is 19.5 Å².